The summed E-state index contributed by atoms with van der Waals surface area (Å²) in [6, 6.07) is 0. The normalized spacial score (nSPS) is 28.4. The van der Waals surface area contributed by atoms with Crippen molar-refractivity contribution in [3.05, 3.63) is 83.4 Å². The summed E-state index contributed by atoms with van der Waals surface area (Å²) in [6.07, 6.45) is 23.8. The summed E-state index contributed by atoms with van der Waals surface area (Å²) in [6.45, 7) is 0. The highest BCUT2D eigenvalue weighted by Crippen LogP contribution is 2.37. The van der Waals surface area contributed by atoms with Crippen LogP contribution in [0.4, 0.5) is 0 Å². The van der Waals surface area contributed by atoms with Crippen molar-refractivity contribution in [2.75, 3.05) is 0 Å². The van der Waals surface area contributed by atoms with Gasteiger partial charge in [-0.2, -0.15) is 0 Å². The minimum Gasteiger partial charge on any atom is -0.113 e. The molecule has 0 amide bonds. The fourth-order valence-corrected chi connectivity index (χ4v) is 2.38. The average Bonchev–Trinajstić information content (AvgIpc) is 3.00. The van der Waals surface area contributed by atoms with Crippen LogP contribution in [0.3, 0.4) is 0 Å². The fraction of sp³-hybridized carbons (Fsp3) is 0.222. The molecule has 1 fully saturated rings. The molecule has 0 unspecified atom stereocenters. The van der Waals surface area contributed by atoms with E-state index in [1.165, 1.54) is 24.0 Å². The summed E-state index contributed by atoms with van der Waals surface area (Å²) in [5.74, 6) is 1.39. The quantitative estimate of drug-likeness (QED) is 0.629. The van der Waals surface area contributed by atoms with E-state index in [1.807, 2.05) is 24.3 Å². The molecule has 88 valence electrons. The highest BCUT2D eigenvalue weighted by atomic mass is 14.3. The maximum atomic E-state index is 3.20. The van der Waals surface area contributed by atoms with Gasteiger partial charge in [-0.25, -0.2) is 0 Å². The fourth-order valence-electron chi connectivity index (χ4n) is 2.38. The van der Waals surface area contributed by atoms with Gasteiger partial charge in [-0.3, -0.25) is 0 Å². The Morgan fingerprint density at radius 1 is 0.833 bits per heavy atom. The molecule has 0 aromatic heterocycles. The molecule has 0 radical (unpaired) electrons. The zero-order chi connectivity index (χ0) is 12.2. The van der Waals surface area contributed by atoms with Crippen molar-refractivity contribution in [3.8, 4) is 0 Å². The third-order valence-electron chi connectivity index (χ3n) is 3.67. The van der Waals surface area contributed by atoms with Gasteiger partial charge in [-0.05, 0) is 49.0 Å². The van der Waals surface area contributed by atoms with Crippen LogP contribution in [0.25, 0.3) is 0 Å². The molecule has 0 aliphatic heterocycles. The van der Waals surface area contributed by atoms with E-state index >= 15 is 0 Å². The Morgan fingerprint density at radius 2 is 1.33 bits per heavy atom. The molecule has 0 aromatic rings. The van der Waals surface area contributed by atoms with Gasteiger partial charge in [-0.15, -0.1) is 11.5 Å². The van der Waals surface area contributed by atoms with Gasteiger partial charge in [-0.1, -0.05) is 36.5 Å². The molecular weight excluding hydrogens is 216 g/mol. The number of hydrogen-bond acceptors (Lipinski definition) is 0. The molecule has 0 aromatic carbocycles. The average molecular weight is 232 g/mol. The van der Waals surface area contributed by atoms with Crippen LogP contribution >= 0.6 is 0 Å². The molecule has 0 nitrogen and oxygen atoms in total. The van der Waals surface area contributed by atoms with Crippen molar-refractivity contribution in [2.24, 2.45) is 11.8 Å². The molecule has 0 saturated heterocycles. The summed E-state index contributed by atoms with van der Waals surface area (Å²) < 4.78 is 0. The van der Waals surface area contributed by atoms with E-state index in [0.29, 0.717) is 11.8 Å². The second-order valence-corrected chi connectivity index (χ2v) is 4.87. The number of hydrogen-bond donors (Lipinski definition) is 0. The van der Waals surface area contributed by atoms with Gasteiger partial charge in [0.25, 0.3) is 0 Å². The van der Waals surface area contributed by atoms with E-state index in [9.17, 15) is 0 Å². The molecule has 18 heavy (non-hydrogen) atoms. The summed E-state index contributed by atoms with van der Waals surface area (Å²) in [7, 11) is 0. The minimum atomic E-state index is 0.694. The van der Waals surface area contributed by atoms with Gasteiger partial charge in [0, 0.05) is 11.1 Å². The van der Waals surface area contributed by atoms with E-state index in [-0.39, 0.29) is 0 Å². The van der Waals surface area contributed by atoms with E-state index in [4.69, 9.17) is 0 Å². The topological polar surface area (TPSA) is 0 Å². The smallest absolute Gasteiger partial charge is 0.0161 e. The predicted octanol–water partition coefficient (Wildman–Crippen LogP) is 4.43. The van der Waals surface area contributed by atoms with E-state index in [0.717, 1.165) is 0 Å². The molecule has 0 heteroatoms. The summed E-state index contributed by atoms with van der Waals surface area (Å²) in [5, 5.41) is 0. The third kappa shape index (κ3) is 2.46. The Hall–Kier alpha value is -2.00. The summed E-state index contributed by atoms with van der Waals surface area (Å²) in [5.41, 5.74) is 8.78. The van der Waals surface area contributed by atoms with Crippen LogP contribution in [0.5, 0.6) is 0 Å². The van der Waals surface area contributed by atoms with E-state index < -0.39 is 0 Å². The van der Waals surface area contributed by atoms with Gasteiger partial charge in [0.15, 0.2) is 0 Å². The minimum absolute atomic E-state index is 0.694. The first-order valence-corrected chi connectivity index (χ1v) is 6.55. The standard InChI is InChI=1S/C18H16/c1-2-6-15(5-1)9-11-17-13-14-18(17)12-10-16-7-3-4-8-16/h1-5,7,9-12,17-18H,13-14H2/b11-9+,12-10+/t17-,18+. The molecule has 2 atom stereocenters. The molecular formula is C18H16. The molecule has 0 N–H and O–H groups in total. The lowest BCUT2D eigenvalue weighted by Crippen LogP contribution is -2.21. The van der Waals surface area contributed by atoms with Crippen molar-refractivity contribution >= 4 is 0 Å². The molecule has 0 bridgehead atoms. The monoisotopic (exact) mass is 232 g/mol. The Balaban J connectivity index is 1.58. The Labute approximate surface area is 108 Å². The summed E-state index contributed by atoms with van der Waals surface area (Å²) in [4.78, 5) is 0. The van der Waals surface area contributed by atoms with Crippen LogP contribution in [-0.2, 0) is 0 Å². The first-order valence-electron chi connectivity index (χ1n) is 6.55. The van der Waals surface area contributed by atoms with Gasteiger partial charge < -0.3 is 0 Å². The first-order chi connectivity index (χ1) is 8.92. The predicted molar refractivity (Wildman–Crippen MR) is 76.0 cm³/mol. The van der Waals surface area contributed by atoms with Crippen LogP contribution in [0.15, 0.2) is 83.4 Å². The maximum Gasteiger partial charge on any atom is 0.0161 e. The molecule has 3 rings (SSSR count). The SMILES string of the molecule is C1=CC=CC=1/C=C/[C@@H]1CC[C@@H]1/C=C/C1=C=CC=C1. The van der Waals surface area contributed by atoms with Gasteiger partial charge in [0.05, 0.1) is 0 Å². The van der Waals surface area contributed by atoms with Gasteiger partial charge in [0.2, 0.25) is 0 Å². The third-order valence-corrected chi connectivity index (χ3v) is 3.67. The highest BCUT2D eigenvalue weighted by Gasteiger charge is 2.26. The van der Waals surface area contributed by atoms with Crippen LogP contribution in [0.2, 0.25) is 0 Å². The number of allylic oxidation sites excluding steroid dienone is 10. The highest BCUT2D eigenvalue weighted by molar-refractivity contribution is 5.39. The number of rotatable bonds is 4. The maximum absolute atomic E-state index is 3.20. The molecule has 1 saturated carbocycles. The first kappa shape index (κ1) is 11.1. The van der Waals surface area contributed by atoms with Crippen LogP contribution in [0, 0.1) is 11.8 Å². The van der Waals surface area contributed by atoms with Gasteiger partial charge >= 0.3 is 0 Å². The van der Waals surface area contributed by atoms with Crippen LogP contribution < -0.4 is 0 Å². The van der Waals surface area contributed by atoms with Crippen LogP contribution in [-0.4, -0.2) is 0 Å². The second-order valence-electron chi connectivity index (χ2n) is 4.87. The van der Waals surface area contributed by atoms with Crippen molar-refractivity contribution in [1.29, 1.82) is 0 Å². The lowest BCUT2D eigenvalue weighted by atomic mass is 9.73. The van der Waals surface area contributed by atoms with E-state index in [2.05, 4.69) is 47.9 Å². The summed E-state index contributed by atoms with van der Waals surface area (Å²) >= 11 is 0. The molecule has 0 spiro atoms. The Bertz CT molecular complexity index is 524. The Kier molecular flexibility index (Phi) is 3.15. The van der Waals surface area contributed by atoms with Crippen molar-refractivity contribution in [1.82, 2.24) is 0 Å². The lowest BCUT2D eigenvalue weighted by molar-refractivity contribution is 0.286. The van der Waals surface area contributed by atoms with E-state index in [1.54, 1.807) is 0 Å². The van der Waals surface area contributed by atoms with Crippen molar-refractivity contribution in [3.63, 3.8) is 0 Å². The van der Waals surface area contributed by atoms with Crippen LogP contribution in [0.1, 0.15) is 12.8 Å². The lowest BCUT2D eigenvalue weighted by Gasteiger charge is -2.32. The molecule has 3 aliphatic rings. The molecule has 3 aliphatic carbocycles. The molecule has 0 heterocycles. The van der Waals surface area contributed by atoms with Gasteiger partial charge in [0.1, 0.15) is 0 Å². The second kappa shape index (κ2) is 5.10. The largest absolute Gasteiger partial charge is 0.113 e. The Morgan fingerprint density at radius 3 is 1.67 bits per heavy atom. The van der Waals surface area contributed by atoms with Crippen molar-refractivity contribution in [2.45, 2.75) is 12.8 Å². The van der Waals surface area contributed by atoms with Crippen molar-refractivity contribution < 1.29 is 0 Å². The zero-order valence-electron chi connectivity index (χ0n) is 10.3. The zero-order valence-corrected chi connectivity index (χ0v) is 10.3.